The highest BCUT2D eigenvalue weighted by Gasteiger charge is 2.07. The van der Waals surface area contributed by atoms with Crippen molar-refractivity contribution in [3.63, 3.8) is 0 Å². The maximum Gasteiger partial charge on any atom is 0.328 e. The summed E-state index contributed by atoms with van der Waals surface area (Å²) in [5.74, 6) is -1.60. The molecule has 2 N–H and O–H groups in total. The first-order valence-corrected chi connectivity index (χ1v) is 5.34. The molecule has 1 amide bonds. The van der Waals surface area contributed by atoms with Crippen molar-refractivity contribution in [1.29, 1.82) is 0 Å². The van der Waals surface area contributed by atoms with Gasteiger partial charge in [-0.2, -0.15) is 0 Å². The van der Waals surface area contributed by atoms with E-state index in [0.29, 0.717) is 5.02 Å². The van der Waals surface area contributed by atoms with Gasteiger partial charge in [-0.3, -0.25) is 4.79 Å². The Balaban J connectivity index is 2.60. The van der Waals surface area contributed by atoms with Crippen molar-refractivity contribution in [3.8, 4) is 0 Å². The van der Waals surface area contributed by atoms with E-state index < -0.39 is 11.9 Å². The first-order chi connectivity index (χ1) is 7.99. The van der Waals surface area contributed by atoms with Crippen LogP contribution in [0.1, 0.15) is 18.5 Å². The average Bonchev–Trinajstić information content (AvgIpc) is 2.27. The number of amides is 1. The number of rotatable bonds is 4. The normalized spacial score (nSPS) is 12.4. The quantitative estimate of drug-likeness (QED) is 0.808. The van der Waals surface area contributed by atoms with Crippen LogP contribution in [-0.2, 0) is 9.59 Å². The first-order valence-electron chi connectivity index (χ1n) is 4.96. The average molecular weight is 254 g/mol. The summed E-state index contributed by atoms with van der Waals surface area (Å²) in [7, 11) is 0. The minimum absolute atomic E-state index is 0.210. The number of aliphatic carboxylic acids is 1. The Morgan fingerprint density at radius 1 is 1.29 bits per heavy atom. The van der Waals surface area contributed by atoms with Gasteiger partial charge in [-0.1, -0.05) is 23.7 Å². The van der Waals surface area contributed by atoms with Gasteiger partial charge in [0.2, 0.25) is 5.91 Å². The Morgan fingerprint density at radius 3 is 2.41 bits per heavy atom. The highest BCUT2D eigenvalue weighted by Crippen LogP contribution is 2.15. The van der Waals surface area contributed by atoms with Crippen LogP contribution in [0.15, 0.2) is 36.4 Å². The summed E-state index contributed by atoms with van der Waals surface area (Å²) in [6, 6.07) is 6.85. The van der Waals surface area contributed by atoms with E-state index in [1.54, 1.807) is 31.2 Å². The third-order valence-corrected chi connectivity index (χ3v) is 2.36. The largest absolute Gasteiger partial charge is 0.478 e. The van der Waals surface area contributed by atoms with Gasteiger partial charge in [0.25, 0.3) is 0 Å². The van der Waals surface area contributed by atoms with Crippen molar-refractivity contribution in [2.45, 2.75) is 13.0 Å². The number of nitrogens with one attached hydrogen (secondary N) is 1. The summed E-state index contributed by atoms with van der Waals surface area (Å²) in [5, 5.41) is 11.6. The number of carboxylic acid groups (broad SMARTS) is 1. The van der Waals surface area contributed by atoms with Crippen LogP contribution in [-0.4, -0.2) is 17.0 Å². The first kappa shape index (κ1) is 13.3. The maximum absolute atomic E-state index is 11.3. The van der Waals surface area contributed by atoms with E-state index >= 15 is 0 Å². The minimum Gasteiger partial charge on any atom is -0.478 e. The monoisotopic (exact) mass is 253 g/mol. The zero-order valence-electron chi connectivity index (χ0n) is 9.18. The van der Waals surface area contributed by atoms with Crippen LogP contribution in [0, 0.1) is 0 Å². The smallest absolute Gasteiger partial charge is 0.328 e. The Labute approximate surface area is 104 Å². The van der Waals surface area contributed by atoms with Gasteiger partial charge in [0.15, 0.2) is 0 Å². The number of halogens is 1. The molecular formula is C12H12ClNO3. The fourth-order valence-electron chi connectivity index (χ4n) is 1.24. The van der Waals surface area contributed by atoms with Gasteiger partial charge in [0.1, 0.15) is 0 Å². The van der Waals surface area contributed by atoms with Crippen LogP contribution >= 0.6 is 11.6 Å². The lowest BCUT2D eigenvalue weighted by atomic mass is 10.1. The van der Waals surface area contributed by atoms with Gasteiger partial charge in [-0.25, -0.2) is 4.79 Å². The van der Waals surface area contributed by atoms with Gasteiger partial charge in [0, 0.05) is 17.2 Å². The molecule has 1 aromatic carbocycles. The van der Waals surface area contributed by atoms with Crippen molar-refractivity contribution >= 4 is 23.5 Å². The molecule has 1 atom stereocenters. The van der Waals surface area contributed by atoms with Gasteiger partial charge in [0.05, 0.1) is 6.04 Å². The number of carboxylic acids is 1. The zero-order valence-corrected chi connectivity index (χ0v) is 9.94. The molecule has 5 heteroatoms. The molecule has 0 saturated heterocycles. The van der Waals surface area contributed by atoms with Crippen molar-refractivity contribution < 1.29 is 14.7 Å². The second-order valence-electron chi connectivity index (χ2n) is 3.45. The lowest BCUT2D eigenvalue weighted by Gasteiger charge is -2.12. The molecule has 17 heavy (non-hydrogen) atoms. The fourth-order valence-corrected chi connectivity index (χ4v) is 1.37. The van der Waals surface area contributed by atoms with Crippen LogP contribution in [0.25, 0.3) is 0 Å². The lowest BCUT2D eigenvalue weighted by Crippen LogP contribution is -2.24. The topological polar surface area (TPSA) is 66.4 Å². The molecule has 0 saturated carbocycles. The van der Waals surface area contributed by atoms with Gasteiger partial charge < -0.3 is 10.4 Å². The number of carbonyl (C=O) groups is 2. The molecule has 0 spiro atoms. The van der Waals surface area contributed by atoms with Gasteiger partial charge >= 0.3 is 5.97 Å². The summed E-state index contributed by atoms with van der Waals surface area (Å²) in [5.41, 5.74) is 0.895. The minimum atomic E-state index is -1.15. The molecule has 0 radical (unpaired) electrons. The third kappa shape index (κ3) is 4.70. The Morgan fingerprint density at radius 2 is 1.88 bits per heavy atom. The summed E-state index contributed by atoms with van der Waals surface area (Å²) in [6.07, 6.45) is 1.78. The van der Waals surface area contributed by atoms with Crippen molar-refractivity contribution in [2.75, 3.05) is 0 Å². The van der Waals surface area contributed by atoms with Gasteiger partial charge in [-0.05, 0) is 24.6 Å². The number of hydrogen-bond acceptors (Lipinski definition) is 2. The molecule has 0 bridgehead atoms. The van der Waals surface area contributed by atoms with Crippen molar-refractivity contribution in [1.82, 2.24) is 5.32 Å². The highest BCUT2D eigenvalue weighted by molar-refractivity contribution is 6.30. The summed E-state index contributed by atoms with van der Waals surface area (Å²) >= 11 is 5.74. The molecule has 0 aromatic heterocycles. The zero-order chi connectivity index (χ0) is 12.8. The summed E-state index contributed by atoms with van der Waals surface area (Å²) in [6.45, 7) is 1.80. The molecule has 0 aliphatic heterocycles. The molecular weight excluding hydrogens is 242 g/mol. The third-order valence-electron chi connectivity index (χ3n) is 2.11. The summed E-state index contributed by atoms with van der Waals surface area (Å²) < 4.78 is 0. The Bertz CT molecular complexity index is 440. The predicted octanol–water partition coefficient (Wildman–Crippen LogP) is 2.16. The molecule has 0 fully saturated rings. The van der Waals surface area contributed by atoms with E-state index in [1.807, 2.05) is 0 Å². The second kappa shape index (κ2) is 6.06. The number of carbonyl (C=O) groups excluding carboxylic acids is 1. The second-order valence-corrected chi connectivity index (χ2v) is 3.89. The molecule has 90 valence electrons. The van der Waals surface area contributed by atoms with E-state index in [-0.39, 0.29) is 6.04 Å². The highest BCUT2D eigenvalue weighted by atomic mass is 35.5. The van der Waals surface area contributed by atoms with Gasteiger partial charge in [-0.15, -0.1) is 0 Å². The number of hydrogen-bond donors (Lipinski definition) is 2. The van der Waals surface area contributed by atoms with Crippen molar-refractivity contribution in [2.24, 2.45) is 0 Å². The molecule has 4 nitrogen and oxygen atoms in total. The molecule has 1 rings (SSSR count). The predicted molar refractivity (Wildman–Crippen MR) is 64.8 cm³/mol. The molecule has 0 aliphatic carbocycles. The molecule has 0 unspecified atom stereocenters. The van der Waals surface area contributed by atoms with E-state index in [4.69, 9.17) is 16.7 Å². The SMILES string of the molecule is C[C@H](NC(=O)/C=C/C(=O)O)c1ccc(Cl)cc1. The number of benzene rings is 1. The van der Waals surface area contributed by atoms with E-state index in [1.165, 1.54) is 0 Å². The fraction of sp³-hybridized carbons (Fsp3) is 0.167. The van der Waals surface area contributed by atoms with E-state index in [0.717, 1.165) is 17.7 Å². The van der Waals surface area contributed by atoms with Crippen LogP contribution < -0.4 is 5.32 Å². The van der Waals surface area contributed by atoms with Crippen LogP contribution in [0.5, 0.6) is 0 Å². The molecule has 0 heterocycles. The van der Waals surface area contributed by atoms with E-state index in [9.17, 15) is 9.59 Å². The Kier molecular flexibility index (Phi) is 4.72. The van der Waals surface area contributed by atoms with Crippen molar-refractivity contribution in [3.05, 3.63) is 47.0 Å². The molecule has 0 aliphatic rings. The summed E-state index contributed by atoms with van der Waals surface area (Å²) in [4.78, 5) is 21.5. The van der Waals surface area contributed by atoms with Crippen LogP contribution in [0.4, 0.5) is 0 Å². The van der Waals surface area contributed by atoms with Crippen LogP contribution in [0.2, 0.25) is 5.02 Å². The maximum atomic E-state index is 11.3. The van der Waals surface area contributed by atoms with E-state index in [2.05, 4.69) is 5.32 Å². The Hall–Kier alpha value is -1.81. The lowest BCUT2D eigenvalue weighted by molar-refractivity contribution is -0.131. The standard InChI is InChI=1S/C12H12ClNO3/c1-8(9-2-4-10(13)5-3-9)14-11(15)6-7-12(16)17/h2-8H,1H3,(H,14,15)(H,16,17)/b7-6+/t8-/m0/s1. The molecule has 1 aromatic rings. The van der Waals surface area contributed by atoms with Crippen LogP contribution in [0.3, 0.4) is 0 Å².